The summed E-state index contributed by atoms with van der Waals surface area (Å²) >= 11 is 0. The van der Waals surface area contributed by atoms with Crippen molar-refractivity contribution in [3.63, 3.8) is 0 Å². The minimum Gasteiger partial charge on any atom is -0.479 e. The topological polar surface area (TPSA) is 175 Å². The summed E-state index contributed by atoms with van der Waals surface area (Å²) in [5.41, 5.74) is 0. The highest BCUT2D eigenvalue weighted by Gasteiger charge is 2.50. The number of allylic oxidation sites excluding steroid dienone is 26. The lowest BCUT2D eigenvalue weighted by molar-refractivity contribution is -0.301. The van der Waals surface area contributed by atoms with Crippen molar-refractivity contribution in [3.8, 4) is 0 Å². The summed E-state index contributed by atoms with van der Waals surface area (Å²) in [6.45, 7) is 5.57. The summed E-state index contributed by atoms with van der Waals surface area (Å²) < 4.78 is 28.4. The molecule has 0 aromatic rings. The van der Waals surface area contributed by atoms with Crippen LogP contribution in [0.4, 0.5) is 0 Å². The maximum absolute atomic E-state index is 13.2. The monoisotopic (exact) mass is 1150 g/mol. The Hall–Kier alpha value is -5.66. The molecule has 0 saturated carbocycles. The minimum absolute atomic E-state index is 0.0258. The molecule has 1 saturated heterocycles. The van der Waals surface area contributed by atoms with E-state index in [2.05, 4.69) is 173 Å². The number of carbonyl (C=O) groups excluding carboxylic acids is 3. The highest BCUT2D eigenvalue weighted by molar-refractivity contribution is 5.74. The van der Waals surface area contributed by atoms with Crippen LogP contribution < -0.4 is 0 Å². The zero-order valence-corrected chi connectivity index (χ0v) is 51.1. The molecule has 1 fully saturated rings. The Morgan fingerprint density at radius 3 is 1.13 bits per heavy atom. The fourth-order valence-electron chi connectivity index (χ4n) is 8.38. The molecule has 3 N–H and O–H groups in total. The van der Waals surface area contributed by atoms with Gasteiger partial charge in [-0.25, -0.2) is 4.79 Å². The van der Waals surface area contributed by atoms with Crippen molar-refractivity contribution in [1.29, 1.82) is 0 Å². The van der Waals surface area contributed by atoms with Crippen LogP contribution in [0, 0.1) is 0 Å². The molecule has 1 aliphatic rings. The van der Waals surface area contributed by atoms with Crippen molar-refractivity contribution in [2.24, 2.45) is 0 Å². The second kappa shape index (κ2) is 56.8. The number of aliphatic hydroxyl groups is 2. The number of ether oxygens (including phenoxy) is 5. The van der Waals surface area contributed by atoms with Gasteiger partial charge in [0.1, 0.15) is 18.8 Å². The van der Waals surface area contributed by atoms with Crippen LogP contribution in [-0.2, 0) is 42.9 Å². The van der Waals surface area contributed by atoms with Gasteiger partial charge in [0.2, 0.25) is 0 Å². The number of carboxylic acids is 1. The van der Waals surface area contributed by atoms with E-state index in [4.69, 9.17) is 23.7 Å². The van der Waals surface area contributed by atoms with Crippen molar-refractivity contribution >= 4 is 23.9 Å². The lowest BCUT2D eigenvalue weighted by Gasteiger charge is -2.40. The van der Waals surface area contributed by atoms with Gasteiger partial charge < -0.3 is 39.0 Å². The van der Waals surface area contributed by atoms with Crippen molar-refractivity contribution in [2.45, 2.75) is 250 Å². The van der Waals surface area contributed by atoms with E-state index in [-0.39, 0.29) is 25.9 Å². The fraction of sp³-hybridized carbons (Fsp3) is 0.577. The molecule has 6 unspecified atom stereocenters. The van der Waals surface area contributed by atoms with Gasteiger partial charge in [-0.1, -0.05) is 217 Å². The van der Waals surface area contributed by atoms with E-state index in [1.54, 1.807) is 0 Å². The normalized spacial score (nSPS) is 18.7. The lowest BCUT2D eigenvalue weighted by Crippen LogP contribution is -2.61. The lowest BCUT2D eigenvalue weighted by atomic mass is 9.98. The van der Waals surface area contributed by atoms with Crippen LogP contribution in [0.2, 0.25) is 0 Å². The predicted octanol–water partition coefficient (Wildman–Crippen LogP) is 16.9. The van der Waals surface area contributed by atoms with Gasteiger partial charge in [0, 0.05) is 19.3 Å². The first-order chi connectivity index (χ1) is 40.6. The van der Waals surface area contributed by atoms with Crippen molar-refractivity contribution < 1.29 is 58.2 Å². The van der Waals surface area contributed by atoms with Crippen LogP contribution >= 0.6 is 0 Å². The Balaban J connectivity index is 2.74. The van der Waals surface area contributed by atoms with E-state index in [1.165, 1.54) is 0 Å². The van der Waals surface area contributed by atoms with E-state index in [1.807, 2.05) is 6.08 Å². The zero-order chi connectivity index (χ0) is 60.3. The van der Waals surface area contributed by atoms with Crippen LogP contribution in [0.25, 0.3) is 0 Å². The molecule has 12 heteroatoms. The van der Waals surface area contributed by atoms with Gasteiger partial charge in [-0.2, -0.15) is 0 Å². The molecule has 6 atom stereocenters. The van der Waals surface area contributed by atoms with Crippen LogP contribution in [0.3, 0.4) is 0 Å². The van der Waals surface area contributed by atoms with Crippen LogP contribution in [0.15, 0.2) is 158 Å². The van der Waals surface area contributed by atoms with Crippen LogP contribution in [0.5, 0.6) is 0 Å². The highest BCUT2D eigenvalue weighted by atomic mass is 16.7. The molecule has 1 heterocycles. The van der Waals surface area contributed by atoms with Crippen molar-refractivity contribution in [2.75, 3.05) is 13.2 Å². The molecule has 1 rings (SSSR count). The number of hydrogen-bond acceptors (Lipinski definition) is 11. The average molecular weight is 1150 g/mol. The largest absolute Gasteiger partial charge is 0.479 e. The molecular formula is C71H108O12. The van der Waals surface area contributed by atoms with E-state index in [0.29, 0.717) is 25.7 Å². The second-order valence-electron chi connectivity index (χ2n) is 20.5. The Kier molecular flexibility index (Phi) is 51.6. The third-order valence-corrected chi connectivity index (χ3v) is 13.1. The van der Waals surface area contributed by atoms with Crippen LogP contribution in [-0.4, -0.2) is 89.2 Å². The number of hydrogen-bond donors (Lipinski definition) is 3. The maximum atomic E-state index is 13.2. The summed E-state index contributed by atoms with van der Waals surface area (Å²) in [4.78, 5) is 51.3. The number of carboxylic acid groups (broad SMARTS) is 1. The van der Waals surface area contributed by atoms with Crippen LogP contribution in [0.1, 0.15) is 213 Å². The number of aliphatic hydroxyl groups excluding tert-OH is 2. The molecule has 83 heavy (non-hydrogen) atoms. The predicted molar refractivity (Wildman–Crippen MR) is 339 cm³/mol. The first kappa shape index (κ1) is 75.4. The molecule has 0 aliphatic carbocycles. The first-order valence-electron chi connectivity index (χ1n) is 31.5. The SMILES string of the molecule is CC/C=C\C/C=C\C/C=C\C/C=C\C/C=C\CCCC(=O)OCC(COC1OC(C(=O)O)C(O)C(O)C1OC(=O)CCCCCCCC/C=C\C/C=C\C/C=C\C/C=C\CC)OC(=O)CCCCCC/C=C\C/C=C\C/C=C\C/C=C\CC. The molecule has 464 valence electrons. The number of esters is 3. The molecule has 1 aliphatic heterocycles. The molecule has 0 aromatic heterocycles. The molecule has 0 spiro atoms. The molecular weight excluding hydrogens is 1040 g/mol. The third kappa shape index (κ3) is 46.4. The average Bonchev–Trinajstić information content (AvgIpc) is 3.58. The van der Waals surface area contributed by atoms with Gasteiger partial charge in [-0.05, 0) is 135 Å². The Morgan fingerprint density at radius 2 is 0.735 bits per heavy atom. The second-order valence-corrected chi connectivity index (χ2v) is 20.5. The summed E-state index contributed by atoms with van der Waals surface area (Å²) in [7, 11) is 0. The van der Waals surface area contributed by atoms with Gasteiger partial charge in [0.15, 0.2) is 24.6 Å². The summed E-state index contributed by atoms with van der Waals surface area (Å²) in [5, 5.41) is 31.6. The van der Waals surface area contributed by atoms with E-state index in [0.717, 1.165) is 148 Å². The quantitative estimate of drug-likeness (QED) is 0.0228. The highest BCUT2D eigenvalue weighted by Crippen LogP contribution is 2.26. The standard InChI is InChI=1S/C71H108O12/c1-4-7-10-13-16-19-22-25-28-31-32-35-38-41-44-47-50-53-56-59-65(74)82-69-67(76)66(75)68(70(77)78)83-71(69)80-61-62(81-64(73)58-55-52-49-46-43-40-37-34-30-27-24-21-18-15-12-9-6-3)60-79-63(72)57-54-51-48-45-42-39-36-33-29-26-23-20-17-14-11-8-5-2/h7-12,16-21,25-30,32,35-37,39-40,45,48,62,66-69,71,75-76H,4-6,13-15,22-24,31,33-34,38,41-44,46-47,49-61H2,1-3H3,(H,77,78)/b10-7-,11-8-,12-9-,19-16-,20-17-,21-18-,28-25-,29-26-,30-27-,35-32-,39-36-,40-37-,48-45-. The summed E-state index contributed by atoms with van der Waals surface area (Å²) in [5.74, 6) is -3.28. The summed E-state index contributed by atoms with van der Waals surface area (Å²) in [6.07, 6.45) is 70.6. The molecule has 0 radical (unpaired) electrons. The zero-order valence-electron chi connectivity index (χ0n) is 51.1. The number of unbranched alkanes of at least 4 members (excludes halogenated alkanes) is 11. The Morgan fingerprint density at radius 1 is 0.398 bits per heavy atom. The third-order valence-electron chi connectivity index (χ3n) is 13.1. The Bertz CT molecular complexity index is 2050. The number of carbonyl (C=O) groups is 4. The van der Waals surface area contributed by atoms with E-state index >= 15 is 0 Å². The maximum Gasteiger partial charge on any atom is 0.335 e. The van der Waals surface area contributed by atoms with E-state index < -0.39 is 67.3 Å². The fourth-order valence-corrected chi connectivity index (χ4v) is 8.38. The van der Waals surface area contributed by atoms with Gasteiger partial charge >= 0.3 is 23.9 Å². The van der Waals surface area contributed by atoms with Crippen molar-refractivity contribution in [3.05, 3.63) is 158 Å². The number of aliphatic carboxylic acids is 1. The first-order valence-corrected chi connectivity index (χ1v) is 31.5. The number of rotatable bonds is 51. The van der Waals surface area contributed by atoms with E-state index in [9.17, 15) is 34.5 Å². The van der Waals surface area contributed by atoms with Gasteiger partial charge in [-0.3, -0.25) is 14.4 Å². The molecule has 12 nitrogen and oxygen atoms in total. The molecule has 0 aromatic carbocycles. The van der Waals surface area contributed by atoms with Gasteiger partial charge in [0.05, 0.1) is 6.61 Å². The van der Waals surface area contributed by atoms with Gasteiger partial charge in [0.25, 0.3) is 0 Å². The summed E-state index contributed by atoms with van der Waals surface area (Å²) in [6, 6.07) is 0. The van der Waals surface area contributed by atoms with Gasteiger partial charge in [-0.15, -0.1) is 0 Å². The molecule has 0 amide bonds. The smallest absolute Gasteiger partial charge is 0.335 e. The molecule has 0 bridgehead atoms. The Labute approximate surface area is 501 Å². The van der Waals surface area contributed by atoms with Crippen molar-refractivity contribution in [1.82, 2.24) is 0 Å². The minimum atomic E-state index is -1.93.